The van der Waals surface area contributed by atoms with Gasteiger partial charge in [0.25, 0.3) is 0 Å². The first-order valence-electron chi connectivity index (χ1n) is 5.89. The minimum absolute atomic E-state index is 0.0146. The first kappa shape index (κ1) is 14.4. The summed E-state index contributed by atoms with van der Waals surface area (Å²) < 4.78 is 44.4. The zero-order chi connectivity index (χ0) is 14.7. The van der Waals surface area contributed by atoms with Crippen molar-refractivity contribution in [3.05, 3.63) is 47.8 Å². The number of benzene rings is 1. The predicted molar refractivity (Wildman–Crippen MR) is 64.8 cm³/mol. The number of nitrogens with zero attached hydrogens (tertiary/aromatic N) is 2. The van der Waals surface area contributed by atoms with Crippen molar-refractivity contribution in [3.63, 3.8) is 0 Å². The van der Waals surface area contributed by atoms with E-state index in [-0.39, 0.29) is 18.2 Å². The SMILES string of the molecule is C[C@@H](O)c1ccc(F)cc1OCc1nccn1C(F)F. The van der Waals surface area contributed by atoms with Crippen molar-refractivity contribution >= 4 is 0 Å². The van der Waals surface area contributed by atoms with Crippen molar-refractivity contribution in [1.82, 2.24) is 9.55 Å². The van der Waals surface area contributed by atoms with Crippen LogP contribution in [-0.4, -0.2) is 14.7 Å². The largest absolute Gasteiger partial charge is 0.485 e. The van der Waals surface area contributed by atoms with Crippen LogP contribution in [-0.2, 0) is 6.61 Å². The third-order valence-corrected chi connectivity index (χ3v) is 2.74. The average molecular weight is 286 g/mol. The van der Waals surface area contributed by atoms with E-state index in [1.54, 1.807) is 0 Å². The molecule has 0 spiro atoms. The molecule has 7 heteroatoms. The van der Waals surface area contributed by atoms with Gasteiger partial charge in [-0.15, -0.1) is 0 Å². The molecule has 0 aliphatic heterocycles. The van der Waals surface area contributed by atoms with E-state index >= 15 is 0 Å². The highest BCUT2D eigenvalue weighted by Gasteiger charge is 2.14. The molecule has 2 aromatic rings. The molecule has 0 bridgehead atoms. The molecule has 2 rings (SSSR count). The monoisotopic (exact) mass is 286 g/mol. The van der Waals surface area contributed by atoms with Gasteiger partial charge < -0.3 is 9.84 Å². The smallest absolute Gasteiger partial charge is 0.320 e. The number of rotatable bonds is 5. The van der Waals surface area contributed by atoms with Crippen molar-refractivity contribution < 1.29 is 23.0 Å². The maximum absolute atomic E-state index is 13.2. The summed E-state index contributed by atoms with van der Waals surface area (Å²) in [7, 11) is 0. The van der Waals surface area contributed by atoms with E-state index in [1.807, 2.05) is 0 Å². The maximum atomic E-state index is 13.2. The summed E-state index contributed by atoms with van der Waals surface area (Å²) in [5.41, 5.74) is 0.376. The number of aliphatic hydroxyl groups excluding tert-OH is 1. The van der Waals surface area contributed by atoms with E-state index in [0.29, 0.717) is 10.1 Å². The summed E-state index contributed by atoms with van der Waals surface area (Å²) in [6.45, 7) is -1.47. The molecule has 0 aliphatic carbocycles. The van der Waals surface area contributed by atoms with E-state index in [4.69, 9.17) is 4.74 Å². The third-order valence-electron chi connectivity index (χ3n) is 2.74. The van der Waals surface area contributed by atoms with Crippen LogP contribution in [0.25, 0.3) is 0 Å². The van der Waals surface area contributed by atoms with E-state index < -0.39 is 18.5 Å². The van der Waals surface area contributed by atoms with Crippen LogP contribution in [0.4, 0.5) is 13.2 Å². The highest BCUT2D eigenvalue weighted by Crippen LogP contribution is 2.27. The maximum Gasteiger partial charge on any atom is 0.320 e. The third kappa shape index (κ3) is 3.11. The van der Waals surface area contributed by atoms with E-state index in [2.05, 4.69) is 4.98 Å². The van der Waals surface area contributed by atoms with E-state index in [0.717, 1.165) is 12.3 Å². The van der Waals surface area contributed by atoms with Crippen LogP contribution in [0.2, 0.25) is 0 Å². The van der Waals surface area contributed by atoms with Gasteiger partial charge in [-0.05, 0) is 19.1 Å². The number of aliphatic hydroxyl groups is 1. The second-order valence-corrected chi connectivity index (χ2v) is 4.18. The summed E-state index contributed by atoms with van der Waals surface area (Å²) >= 11 is 0. The second-order valence-electron chi connectivity index (χ2n) is 4.18. The lowest BCUT2D eigenvalue weighted by atomic mass is 10.1. The van der Waals surface area contributed by atoms with Crippen LogP contribution in [0.5, 0.6) is 5.75 Å². The molecule has 0 amide bonds. The Hall–Kier alpha value is -2.02. The summed E-state index contributed by atoms with van der Waals surface area (Å²) in [6.07, 6.45) is 1.50. The molecule has 0 saturated heterocycles. The summed E-state index contributed by atoms with van der Waals surface area (Å²) in [4.78, 5) is 3.75. The summed E-state index contributed by atoms with van der Waals surface area (Å²) in [5.74, 6) is -0.425. The molecule has 1 aromatic carbocycles. The van der Waals surface area contributed by atoms with Crippen molar-refractivity contribution in [2.75, 3.05) is 0 Å². The normalized spacial score (nSPS) is 12.7. The molecule has 0 radical (unpaired) electrons. The molecule has 20 heavy (non-hydrogen) atoms. The molecule has 1 N–H and O–H groups in total. The number of ether oxygens (including phenoxy) is 1. The number of aromatic nitrogens is 2. The average Bonchev–Trinajstić information content (AvgIpc) is 2.84. The van der Waals surface area contributed by atoms with Gasteiger partial charge in [-0.3, -0.25) is 4.57 Å². The van der Waals surface area contributed by atoms with Crippen LogP contribution in [0.3, 0.4) is 0 Å². The standard InChI is InChI=1S/C13H13F3N2O2/c1-8(19)10-3-2-9(14)6-11(10)20-7-12-17-4-5-18(12)13(15)16/h2-6,8,13,19H,7H2,1H3/t8-/m1/s1. The van der Waals surface area contributed by atoms with Crippen molar-refractivity contribution in [2.24, 2.45) is 0 Å². The van der Waals surface area contributed by atoms with Gasteiger partial charge in [-0.25, -0.2) is 9.37 Å². The first-order chi connectivity index (χ1) is 9.49. The van der Waals surface area contributed by atoms with Crippen LogP contribution in [0, 0.1) is 5.82 Å². The van der Waals surface area contributed by atoms with Crippen LogP contribution < -0.4 is 4.74 Å². The second kappa shape index (κ2) is 5.96. The molecular weight excluding hydrogens is 273 g/mol. The fourth-order valence-corrected chi connectivity index (χ4v) is 1.75. The lowest BCUT2D eigenvalue weighted by molar-refractivity contribution is 0.0630. The van der Waals surface area contributed by atoms with Gasteiger partial charge in [0.2, 0.25) is 0 Å². The molecule has 0 fully saturated rings. The minimum Gasteiger partial charge on any atom is -0.485 e. The van der Waals surface area contributed by atoms with Gasteiger partial charge in [0.05, 0.1) is 6.10 Å². The Morgan fingerprint density at radius 1 is 1.40 bits per heavy atom. The number of halogens is 3. The van der Waals surface area contributed by atoms with Gasteiger partial charge in [0.15, 0.2) is 5.82 Å². The van der Waals surface area contributed by atoms with Crippen molar-refractivity contribution in [2.45, 2.75) is 26.2 Å². The predicted octanol–water partition coefficient (Wildman–Crippen LogP) is 3.05. The van der Waals surface area contributed by atoms with Gasteiger partial charge in [-0.1, -0.05) is 0 Å². The minimum atomic E-state index is -2.72. The Morgan fingerprint density at radius 3 is 2.80 bits per heavy atom. The van der Waals surface area contributed by atoms with E-state index in [1.165, 1.54) is 25.3 Å². The summed E-state index contributed by atoms with van der Waals surface area (Å²) in [5, 5.41) is 9.55. The summed E-state index contributed by atoms with van der Waals surface area (Å²) in [6, 6.07) is 3.67. The number of hydrogen-bond donors (Lipinski definition) is 1. The van der Waals surface area contributed by atoms with Crippen LogP contribution >= 0.6 is 0 Å². The Balaban J connectivity index is 2.18. The van der Waals surface area contributed by atoms with Crippen molar-refractivity contribution in [3.8, 4) is 5.75 Å². The molecule has 108 valence electrons. The number of imidazole rings is 1. The topological polar surface area (TPSA) is 47.3 Å². The van der Waals surface area contributed by atoms with Crippen LogP contribution in [0.15, 0.2) is 30.6 Å². The molecule has 4 nitrogen and oxygen atoms in total. The number of hydrogen-bond acceptors (Lipinski definition) is 3. The quantitative estimate of drug-likeness (QED) is 0.919. The van der Waals surface area contributed by atoms with Gasteiger partial charge >= 0.3 is 6.55 Å². The molecule has 1 aromatic heterocycles. The highest BCUT2D eigenvalue weighted by atomic mass is 19.3. The molecule has 0 saturated carbocycles. The highest BCUT2D eigenvalue weighted by molar-refractivity contribution is 5.35. The van der Waals surface area contributed by atoms with Crippen LogP contribution in [0.1, 0.15) is 31.0 Å². The van der Waals surface area contributed by atoms with Gasteiger partial charge in [-0.2, -0.15) is 8.78 Å². The van der Waals surface area contributed by atoms with Gasteiger partial charge in [0, 0.05) is 24.0 Å². The first-order valence-corrected chi connectivity index (χ1v) is 5.89. The van der Waals surface area contributed by atoms with Crippen molar-refractivity contribution in [1.29, 1.82) is 0 Å². The van der Waals surface area contributed by atoms with E-state index in [9.17, 15) is 18.3 Å². The Morgan fingerprint density at radius 2 is 2.15 bits per heavy atom. The molecule has 0 unspecified atom stereocenters. The molecule has 0 aliphatic rings. The Labute approximate surface area is 113 Å². The number of alkyl halides is 2. The molecule has 1 atom stereocenters. The molecular formula is C13H13F3N2O2. The zero-order valence-electron chi connectivity index (χ0n) is 10.6. The Kier molecular flexibility index (Phi) is 4.29. The molecule has 1 heterocycles. The lowest BCUT2D eigenvalue weighted by Gasteiger charge is -2.14. The van der Waals surface area contributed by atoms with Gasteiger partial charge in [0.1, 0.15) is 18.2 Å². The lowest BCUT2D eigenvalue weighted by Crippen LogP contribution is -2.08. The Bertz CT molecular complexity index is 585. The fourth-order valence-electron chi connectivity index (χ4n) is 1.75. The fraction of sp³-hybridized carbons (Fsp3) is 0.308. The zero-order valence-corrected chi connectivity index (χ0v) is 10.6.